The van der Waals surface area contributed by atoms with Gasteiger partial charge < -0.3 is 14.5 Å². The van der Waals surface area contributed by atoms with E-state index in [2.05, 4.69) is 11.9 Å². The minimum atomic E-state index is -0.394. The topological polar surface area (TPSA) is 32.8 Å². The smallest absolute Gasteiger partial charge is 0.410 e. The molecule has 1 amide bonds. The SMILES string of the molecule is CN1CC2CCCN(C(=O)OC(C)(C)C)C2C1. The van der Waals surface area contributed by atoms with Crippen molar-refractivity contribution in [2.45, 2.75) is 45.3 Å². The Balaban J connectivity index is 2.02. The number of carbonyl (C=O) groups is 1. The highest BCUT2D eigenvalue weighted by Crippen LogP contribution is 2.30. The van der Waals surface area contributed by atoms with E-state index in [0.717, 1.165) is 26.1 Å². The number of fused-ring (bicyclic) bond motifs is 1. The van der Waals surface area contributed by atoms with E-state index in [9.17, 15) is 4.79 Å². The summed E-state index contributed by atoms with van der Waals surface area (Å²) in [4.78, 5) is 16.4. The summed E-state index contributed by atoms with van der Waals surface area (Å²) in [5, 5.41) is 0. The van der Waals surface area contributed by atoms with Gasteiger partial charge in [-0.15, -0.1) is 0 Å². The molecule has 0 aromatic carbocycles. The first-order valence-electron chi connectivity index (χ1n) is 6.55. The van der Waals surface area contributed by atoms with Crippen LogP contribution in [0.1, 0.15) is 33.6 Å². The van der Waals surface area contributed by atoms with E-state index in [0.29, 0.717) is 12.0 Å². The average Bonchev–Trinajstić information content (AvgIpc) is 2.54. The quantitative estimate of drug-likeness (QED) is 0.649. The van der Waals surface area contributed by atoms with Crippen molar-refractivity contribution in [3.05, 3.63) is 0 Å². The number of ether oxygens (including phenoxy) is 1. The van der Waals surface area contributed by atoms with Crippen LogP contribution in [0.4, 0.5) is 4.79 Å². The Hall–Kier alpha value is -0.770. The molecule has 98 valence electrons. The largest absolute Gasteiger partial charge is 0.444 e. The summed E-state index contributed by atoms with van der Waals surface area (Å²) >= 11 is 0. The van der Waals surface area contributed by atoms with Crippen LogP contribution >= 0.6 is 0 Å². The Bertz CT molecular complexity index is 298. The third kappa shape index (κ3) is 2.92. The Morgan fingerprint density at radius 3 is 2.65 bits per heavy atom. The molecule has 0 bridgehead atoms. The van der Waals surface area contributed by atoms with E-state index in [1.165, 1.54) is 6.42 Å². The maximum absolute atomic E-state index is 12.1. The second kappa shape index (κ2) is 4.48. The van der Waals surface area contributed by atoms with E-state index in [-0.39, 0.29) is 6.09 Å². The molecule has 0 saturated carbocycles. The Morgan fingerprint density at radius 2 is 2.00 bits per heavy atom. The molecule has 2 rings (SSSR count). The maximum atomic E-state index is 12.1. The number of amides is 1. The minimum absolute atomic E-state index is 0.137. The number of hydrogen-bond acceptors (Lipinski definition) is 3. The predicted octanol–water partition coefficient (Wildman–Crippen LogP) is 1.95. The van der Waals surface area contributed by atoms with E-state index >= 15 is 0 Å². The van der Waals surface area contributed by atoms with Crippen LogP contribution in [0.5, 0.6) is 0 Å². The van der Waals surface area contributed by atoms with Gasteiger partial charge in [-0.2, -0.15) is 0 Å². The zero-order valence-corrected chi connectivity index (χ0v) is 11.4. The normalized spacial score (nSPS) is 30.2. The van der Waals surface area contributed by atoms with Crippen molar-refractivity contribution < 1.29 is 9.53 Å². The monoisotopic (exact) mass is 240 g/mol. The van der Waals surface area contributed by atoms with Gasteiger partial charge in [0, 0.05) is 19.6 Å². The summed E-state index contributed by atoms with van der Waals surface area (Å²) in [6.45, 7) is 8.73. The molecule has 4 heteroatoms. The van der Waals surface area contributed by atoms with Crippen molar-refractivity contribution >= 4 is 6.09 Å². The zero-order chi connectivity index (χ0) is 12.6. The molecule has 2 aliphatic heterocycles. The van der Waals surface area contributed by atoms with E-state index in [4.69, 9.17) is 4.74 Å². The molecule has 2 heterocycles. The molecular weight excluding hydrogens is 216 g/mol. The van der Waals surface area contributed by atoms with Crippen LogP contribution in [-0.4, -0.2) is 54.2 Å². The van der Waals surface area contributed by atoms with Crippen LogP contribution in [0.15, 0.2) is 0 Å². The number of rotatable bonds is 0. The van der Waals surface area contributed by atoms with Gasteiger partial charge in [-0.3, -0.25) is 0 Å². The molecule has 4 nitrogen and oxygen atoms in total. The molecule has 0 radical (unpaired) electrons. The molecule has 0 N–H and O–H groups in total. The highest BCUT2D eigenvalue weighted by Gasteiger charge is 2.41. The number of hydrogen-bond donors (Lipinski definition) is 0. The lowest BCUT2D eigenvalue weighted by molar-refractivity contribution is 0.00632. The number of piperidine rings is 1. The molecule has 0 aliphatic carbocycles. The standard InChI is InChI=1S/C13H24N2O2/c1-13(2,3)17-12(16)15-7-5-6-10-8-14(4)9-11(10)15/h10-11H,5-9H2,1-4H3. The van der Waals surface area contributed by atoms with Crippen LogP contribution in [0.3, 0.4) is 0 Å². The van der Waals surface area contributed by atoms with Gasteiger partial charge in [-0.1, -0.05) is 0 Å². The van der Waals surface area contributed by atoms with Crippen LogP contribution in [0.2, 0.25) is 0 Å². The average molecular weight is 240 g/mol. The molecule has 2 fully saturated rings. The third-order valence-corrected chi connectivity index (χ3v) is 3.59. The minimum Gasteiger partial charge on any atom is -0.444 e. The molecule has 2 saturated heterocycles. The molecule has 0 aromatic heterocycles. The first-order valence-corrected chi connectivity index (χ1v) is 6.55. The summed E-state index contributed by atoms with van der Waals surface area (Å²) in [5.41, 5.74) is -0.394. The van der Waals surface area contributed by atoms with Crippen molar-refractivity contribution in [3.8, 4) is 0 Å². The van der Waals surface area contributed by atoms with Gasteiger partial charge in [0.1, 0.15) is 5.60 Å². The van der Waals surface area contributed by atoms with Crippen LogP contribution in [0.25, 0.3) is 0 Å². The second-order valence-electron chi connectivity index (χ2n) is 6.36. The maximum Gasteiger partial charge on any atom is 0.410 e. The fourth-order valence-corrected chi connectivity index (χ4v) is 2.94. The highest BCUT2D eigenvalue weighted by molar-refractivity contribution is 5.68. The molecule has 2 unspecified atom stereocenters. The lowest BCUT2D eigenvalue weighted by atomic mass is 9.92. The second-order valence-corrected chi connectivity index (χ2v) is 6.36. The first kappa shape index (κ1) is 12.7. The van der Waals surface area contributed by atoms with Gasteiger partial charge in [0.25, 0.3) is 0 Å². The molecular formula is C13H24N2O2. The summed E-state index contributed by atoms with van der Waals surface area (Å²) in [7, 11) is 2.13. The first-order chi connectivity index (χ1) is 7.87. The van der Waals surface area contributed by atoms with Crippen molar-refractivity contribution in [2.75, 3.05) is 26.7 Å². The highest BCUT2D eigenvalue weighted by atomic mass is 16.6. The molecule has 0 spiro atoms. The summed E-state index contributed by atoms with van der Waals surface area (Å²) < 4.78 is 5.49. The molecule has 2 atom stereocenters. The fraction of sp³-hybridized carbons (Fsp3) is 0.923. The van der Waals surface area contributed by atoms with Crippen LogP contribution in [0, 0.1) is 5.92 Å². The number of likely N-dealkylation sites (tertiary alicyclic amines) is 2. The van der Waals surface area contributed by atoms with Gasteiger partial charge in [-0.25, -0.2) is 4.79 Å². The molecule has 17 heavy (non-hydrogen) atoms. The van der Waals surface area contributed by atoms with Crippen molar-refractivity contribution in [2.24, 2.45) is 5.92 Å². The number of carbonyl (C=O) groups excluding carboxylic acids is 1. The van der Waals surface area contributed by atoms with Crippen molar-refractivity contribution in [1.82, 2.24) is 9.80 Å². The number of nitrogens with zero attached hydrogens (tertiary/aromatic N) is 2. The van der Waals surface area contributed by atoms with Gasteiger partial charge in [0.05, 0.1) is 6.04 Å². The van der Waals surface area contributed by atoms with Crippen LogP contribution < -0.4 is 0 Å². The van der Waals surface area contributed by atoms with Gasteiger partial charge in [0.15, 0.2) is 0 Å². The van der Waals surface area contributed by atoms with Crippen molar-refractivity contribution in [3.63, 3.8) is 0 Å². The number of likely N-dealkylation sites (N-methyl/N-ethyl adjacent to an activating group) is 1. The third-order valence-electron chi connectivity index (χ3n) is 3.59. The van der Waals surface area contributed by atoms with E-state index in [1.54, 1.807) is 0 Å². The predicted molar refractivity (Wildman–Crippen MR) is 66.9 cm³/mol. The molecule has 0 aromatic rings. The summed E-state index contributed by atoms with van der Waals surface area (Å²) in [5.74, 6) is 0.640. The zero-order valence-electron chi connectivity index (χ0n) is 11.4. The van der Waals surface area contributed by atoms with E-state index < -0.39 is 5.60 Å². The van der Waals surface area contributed by atoms with Crippen LogP contribution in [-0.2, 0) is 4.74 Å². The Labute approximate surface area is 104 Å². The lowest BCUT2D eigenvalue weighted by Gasteiger charge is -2.37. The van der Waals surface area contributed by atoms with E-state index in [1.807, 2.05) is 25.7 Å². The van der Waals surface area contributed by atoms with Gasteiger partial charge in [0.2, 0.25) is 0 Å². The van der Waals surface area contributed by atoms with Gasteiger partial charge >= 0.3 is 6.09 Å². The fourth-order valence-electron chi connectivity index (χ4n) is 2.94. The Morgan fingerprint density at radius 1 is 1.29 bits per heavy atom. The van der Waals surface area contributed by atoms with Gasteiger partial charge in [-0.05, 0) is 46.6 Å². The molecule has 2 aliphatic rings. The summed E-state index contributed by atoms with van der Waals surface area (Å²) in [6.07, 6.45) is 2.21. The Kier molecular flexibility index (Phi) is 3.34. The van der Waals surface area contributed by atoms with Crippen molar-refractivity contribution in [1.29, 1.82) is 0 Å². The summed E-state index contributed by atoms with van der Waals surface area (Å²) in [6, 6.07) is 0.364. The lowest BCUT2D eigenvalue weighted by Crippen LogP contribution is -2.50.